The van der Waals surface area contributed by atoms with Crippen LogP contribution in [0.25, 0.3) is 92.6 Å². The summed E-state index contributed by atoms with van der Waals surface area (Å²) in [5.41, 5.74) is 6.25. The number of fused-ring (bicyclic) bond motifs is 3. The molecule has 0 aliphatic carbocycles. The molecule has 0 amide bonds. The molecule has 0 saturated carbocycles. The maximum absolute atomic E-state index is 5.03. The van der Waals surface area contributed by atoms with E-state index in [9.17, 15) is 0 Å². The van der Waals surface area contributed by atoms with Crippen LogP contribution in [0.1, 0.15) is 0 Å². The molecule has 4 nitrogen and oxygen atoms in total. The summed E-state index contributed by atoms with van der Waals surface area (Å²) in [6, 6.07) is 55.6. The van der Waals surface area contributed by atoms with E-state index in [1.54, 1.807) is 0 Å². The van der Waals surface area contributed by atoms with Crippen LogP contribution in [0.5, 0.6) is 0 Å². The first-order valence-electron chi connectivity index (χ1n) is 16.0. The number of rotatable bonds is 4. The summed E-state index contributed by atoms with van der Waals surface area (Å²) >= 11 is 1.84. The zero-order valence-electron chi connectivity index (χ0n) is 25.7. The van der Waals surface area contributed by atoms with E-state index in [1.165, 1.54) is 47.2 Å². The summed E-state index contributed by atoms with van der Waals surface area (Å²) in [5.74, 6) is 1.94. The van der Waals surface area contributed by atoms with Crippen LogP contribution in [0.3, 0.4) is 0 Å². The minimum Gasteiger partial charge on any atom is -0.307 e. The van der Waals surface area contributed by atoms with Crippen LogP contribution < -0.4 is 0 Å². The number of benzene rings is 8. The van der Waals surface area contributed by atoms with Gasteiger partial charge in [-0.05, 0) is 57.3 Å². The highest BCUT2D eigenvalue weighted by Gasteiger charge is 2.18. The molecular formula is C43H26N4S. The Morgan fingerprint density at radius 2 is 1.00 bits per heavy atom. The van der Waals surface area contributed by atoms with Gasteiger partial charge in [0.2, 0.25) is 0 Å². The van der Waals surface area contributed by atoms with E-state index in [4.69, 9.17) is 15.0 Å². The molecule has 48 heavy (non-hydrogen) atoms. The molecule has 0 saturated heterocycles. The highest BCUT2D eigenvalue weighted by molar-refractivity contribution is 7.24. The van der Waals surface area contributed by atoms with Gasteiger partial charge < -0.3 is 4.57 Å². The highest BCUT2D eigenvalue weighted by Crippen LogP contribution is 2.42. The van der Waals surface area contributed by atoms with Crippen molar-refractivity contribution < 1.29 is 0 Å². The molecule has 0 fully saturated rings. The minimum absolute atomic E-state index is 0.639. The fourth-order valence-corrected chi connectivity index (χ4v) is 8.17. The molecular weight excluding hydrogens is 605 g/mol. The van der Waals surface area contributed by atoms with Gasteiger partial charge in [-0.2, -0.15) is 0 Å². The van der Waals surface area contributed by atoms with Crippen molar-refractivity contribution in [2.24, 2.45) is 0 Å². The van der Waals surface area contributed by atoms with Crippen LogP contribution in [0.2, 0.25) is 0 Å². The third-order valence-corrected chi connectivity index (χ3v) is 10.3. The first-order chi connectivity index (χ1) is 23.8. The van der Waals surface area contributed by atoms with Crippen LogP contribution in [-0.4, -0.2) is 19.5 Å². The average molecular weight is 631 g/mol. The second kappa shape index (κ2) is 10.7. The molecule has 5 heteroatoms. The van der Waals surface area contributed by atoms with Crippen LogP contribution in [0.15, 0.2) is 158 Å². The molecule has 0 atom stereocenters. The Kier molecular flexibility index (Phi) is 6.01. The van der Waals surface area contributed by atoms with Crippen molar-refractivity contribution >= 4 is 64.1 Å². The number of aromatic nitrogens is 4. The maximum Gasteiger partial charge on any atom is 0.164 e. The molecule has 8 aromatic carbocycles. The molecule has 0 N–H and O–H groups in total. The summed E-state index contributed by atoms with van der Waals surface area (Å²) in [4.78, 5) is 15.0. The molecule has 0 radical (unpaired) electrons. The lowest BCUT2D eigenvalue weighted by Crippen LogP contribution is -2.02. The van der Waals surface area contributed by atoms with Gasteiger partial charge in [-0.15, -0.1) is 11.3 Å². The van der Waals surface area contributed by atoms with Crippen molar-refractivity contribution in [3.05, 3.63) is 158 Å². The van der Waals surface area contributed by atoms with Gasteiger partial charge in [0.1, 0.15) is 0 Å². The van der Waals surface area contributed by atoms with Gasteiger partial charge in [0.15, 0.2) is 17.5 Å². The predicted molar refractivity (Wildman–Crippen MR) is 201 cm³/mol. The predicted octanol–water partition coefficient (Wildman–Crippen LogP) is 11.5. The fraction of sp³-hybridized carbons (Fsp3) is 0. The number of para-hydroxylation sites is 1. The van der Waals surface area contributed by atoms with Gasteiger partial charge in [-0.1, -0.05) is 127 Å². The SMILES string of the molecule is c1ccc(-c2nc(-c3ccccc3)nc(-c3cccc(-n4c5ccccc5sc5cc6ccc7cccc8ccc(c6c78)c54)c3)n2)cc1. The molecule has 0 aliphatic rings. The normalized spacial score (nSPS) is 11.8. The third-order valence-electron chi connectivity index (χ3n) is 9.20. The van der Waals surface area contributed by atoms with Gasteiger partial charge in [-0.25, -0.2) is 15.0 Å². The van der Waals surface area contributed by atoms with Crippen molar-refractivity contribution in [2.75, 3.05) is 0 Å². The molecule has 0 unspecified atom stereocenters. The summed E-state index contributed by atoms with van der Waals surface area (Å²) < 4.78 is 4.89. The Morgan fingerprint density at radius 1 is 0.417 bits per heavy atom. The first kappa shape index (κ1) is 27.0. The highest BCUT2D eigenvalue weighted by atomic mass is 32.1. The summed E-state index contributed by atoms with van der Waals surface area (Å²) in [5, 5.41) is 7.67. The number of hydrogen-bond acceptors (Lipinski definition) is 4. The van der Waals surface area contributed by atoms with Crippen molar-refractivity contribution in [1.82, 2.24) is 19.5 Å². The second-order valence-corrected chi connectivity index (χ2v) is 13.2. The Balaban J connectivity index is 1.26. The summed E-state index contributed by atoms with van der Waals surface area (Å²) in [6.07, 6.45) is 0. The van der Waals surface area contributed by atoms with Crippen LogP contribution in [0.4, 0.5) is 0 Å². The number of hydrogen-bond donors (Lipinski definition) is 0. The minimum atomic E-state index is 0.639. The molecule has 0 aliphatic heterocycles. The standard InChI is InChI=1S/C43H26N4S/c1-3-11-29(12-4-1)41-44-42(30-13-5-2-6-14-30)46-43(45-41)32-17-10-18-33(25-32)47-35-19-7-8-20-36(35)48-37-26-31-22-21-27-15-9-16-28-23-24-34(40(37)47)39(31)38(27)28/h1-26H. The molecule has 224 valence electrons. The Hall–Kier alpha value is -6.17. The second-order valence-electron chi connectivity index (χ2n) is 12.1. The van der Waals surface area contributed by atoms with Gasteiger partial charge in [0.25, 0.3) is 0 Å². The molecule has 2 heterocycles. The topological polar surface area (TPSA) is 43.6 Å². The molecule has 10 rings (SSSR count). The molecule has 10 aromatic rings. The quantitative estimate of drug-likeness (QED) is 0.144. The van der Waals surface area contributed by atoms with Crippen LogP contribution in [0, 0.1) is 0 Å². The summed E-state index contributed by atoms with van der Waals surface area (Å²) in [7, 11) is 0. The van der Waals surface area contributed by atoms with Gasteiger partial charge in [0, 0.05) is 27.8 Å². The molecule has 0 bridgehead atoms. The van der Waals surface area contributed by atoms with Gasteiger partial charge in [-0.3, -0.25) is 0 Å². The van der Waals surface area contributed by atoms with Crippen molar-refractivity contribution in [1.29, 1.82) is 0 Å². The Morgan fingerprint density at radius 3 is 1.73 bits per heavy atom. The smallest absolute Gasteiger partial charge is 0.164 e. The average Bonchev–Trinajstić information content (AvgIpc) is 3.16. The zero-order valence-corrected chi connectivity index (χ0v) is 26.5. The first-order valence-corrected chi connectivity index (χ1v) is 16.9. The van der Waals surface area contributed by atoms with E-state index < -0.39 is 0 Å². The zero-order chi connectivity index (χ0) is 31.6. The van der Waals surface area contributed by atoms with Gasteiger partial charge in [0.05, 0.1) is 20.4 Å². The summed E-state index contributed by atoms with van der Waals surface area (Å²) in [6.45, 7) is 0. The Bertz CT molecular complexity index is 2760. The molecule has 2 aromatic heterocycles. The van der Waals surface area contributed by atoms with E-state index in [-0.39, 0.29) is 0 Å². The van der Waals surface area contributed by atoms with Crippen LogP contribution >= 0.6 is 11.3 Å². The lowest BCUT2D eigenvalue weighted by molar-refractivity contribution is 1.07. The largest absolute Gasteiger partial charge is 0.307 e. The Labute approximate surface area is 280 Å². The van der Waals surface area contributed by atoms with E-state index in [0.717, 1.165) is 27.9 Å². The maximum atomic E-state index is 5.03. The number of nitrogens with zero attached hydrogens (tertiary/aromatic N) is 4. The van der Waals surface area contributed by atoms with E-state index in [2.05, 4.69) is 102 Å². The van der Waals surface area contributed by atoms with Crippen molar-refractivity contribution in [2.45, 2.75) is 0 Å². The van der Waals surface area contributed by atoms with E-state index in [0.29, 0.717) is 17.5 Å². The van der Waals surface area contributed by atoms with E-state index in [1.807, 2.05) is 72.0 Å². The van der Waals surface area contributed by atoms with Crippen molar-refractivity contribution in [3.63, 3.8) is 0 Å². The monoisotopic (exact) mass is 630 g/mol. The van der Waals surface area contributed by atoms with E-state index >= 15 is 0 Å². The lowest BCUT2D eigenvalue weighted by Gasteiger charge is -2.20. The fourth-order valence-electron chi connectivity index (χ4n) is 7.03. The third kappa shape index (κ3) is 4.25. The lowest BCUT2D eigenvalue weighted by atomic mass is 9.94. The molecule has 0 spiro atoms. The van der Waals surface area contributed by atoms with Gasteiger partial charge >= 0.3 is 0 Å². The van der Waals surface area contributed by atoms with Crippen molar-refractivity contribution in [3.8, 4) is 39.9 Å². The van der Waals surface area contributed by atoms with Crippen LogP contribution in [-0.2, 0) is 0 Å².